The zero-order valence-corrected chi connectivity index (χ0v) is 18.1. The summed E-state index contributed by atoms with van der Waals surface area (Å²) in [5.41, 5.74) is 13.9. The molecule has 0 fully saturated rings. The number of nitrogens with two attached hydrogens (primary N) is 2. The van der Waals surface area contributed by atoms with E-state index in [0.717, 1.165) is 12.0 Å². The molecule has 0 saturated heterocycles. The number of nitrogens with one attached hydrogen (secondary N) is 1. The minimum Gasteiger partial charge on any atom is -0.489 e. The van der Waals surface area contributed by atoms with Gasteiger partial charge < -0.3 is 26.3 Å². The van der Waals surface area contributed by atoms with Crippen molar-refractivity contribution in [2.45, 2.75) is 33.0 Å². The zero-order valence-electron chi connectivity index (χ0n) is 18.1. The third kappa shape index (κ3) is 5.78. The van der Waals surface area contributed by atoms with Gasteiger partial charge in [0.15, 0.2) is 0 Å². The lowest BCUT2D eigenvalue weighted by molar-refractivity contribution is 0.0998. The summed E-state index contributed by atoms with van der Waals surface area (Å²) in [6, 6.07) is 19.2. The number of primary amides is 1. The van der Waals surface area contributed by atoms with Crippen LogP contribution in [0.4, 0.5) is 11.4 Å². The van der Waals surface area contributed by atoms with E-state index in [0.29, 0.717) is 40.6 Å². The Morgan fingerprint density at radius 3 is 2.34 bits per heavy atom. The van der Waals surface area contributed by atoms with Crippen LogP contribution in [-0.2, 0) is 6.61 Å². The maximum atomic E-state index is 12.9. The van der Waals surface area contributed by atoms with E-state index in [2.05, 4.69) is 5.32 Å². The third-order valence-corrected chi connectivity index (χ3v) is 4.93. The van der Waals surface area contributed by atoms with Crippen LogP contribution >= 0.6 is 0 Å². The lowest BCUT2D eigenvalue weighted by Gasteiger charge is -2.18. The van der Waals surface area contributed by atoms with Crippen LogP contribution in [0.2, 0.25) is 0 Å². The summed E-state index contributed by atoms with van der Waals surface area (Å²) in [7, 11) is 0. The van der Waals surface area contributed by atoms with E-state index in [4.69, 9.17) is 20.9 Å². The molecule has 0 aliphatic carbocycles. The Morgan fingerprint density at radius 2 is 1.66 bits per heavy atom. The van der Waals surface area contributed by atoms with E-state index in [1.807, 2.05) is 44.2 Å². The Labute approximate surface area is 187 Å². The number of carbonyl (C=O) groups excluding carboxylic acids is 2. The van der Waals surface area contributed by atoms with Gasteiger partial charge in [0.1, 0.15) is 18.1 Å². The second-order valence-electron chi connectivity index (χ2n) is 7.39. The predicted molar refractivity (Wildman–Crippen MR) is 125 cm³/mol. The van der Waals surface area contributed by atoms with Crippen LogP contribution in [0.15, 0.2) is 66.7 Å². The molecule has 0 saturated carbocycles. The number of benzene rings is 3. The first-order chi connectivity index (χ1) is 15.4. The number of hydrogen-bond donors (Lipinski definition) is 3. The molecule has 0 spiro atoms. The minimum atomic E-state index is -0.574. The number of nitrogen functional groups attached to an aromatic ring is 1. The number of carbonyl (C=O) groups is 2. The van der Waals surface area contributed by atoms with Crippen molar-refractivity contribution < 1.29 is 19.1 Å². The van der Waals surface area contributed by atoms with Crippen molar-refractivity contribution in [2.24, 2.45) is 5.73 Å². The van der Waals surface area contributed by atoms with Gasteiger partial charge in [-0.2, -0.15) is 0 Å². The Bertz CT molecular complexity index is 1100. The molecule has 0 aromatic heterocycles. The molecule has 3 aromatic carbocycles. The van der Waals surface area contributed by atoms with E-state index in [-0.39, 0.29) is 12.0 Å². The van der Waals surface area contributed by atoms with Gasteiger partial charge in [-0.1, -0.05) is 37.3 Å². The Balaban J connectivity index is 1.80. The topological polar surface area (TPSA) is 117 Å². The van der Waals surface area contributed by atoms with Crippen molar-refractivity contribution in [2.75, 3.05) is 11.1 Å². The van der Waals surface area contributed by atoms with Crippen LogP contribution in [0.5, 0.6) is 11.5 Å². The normalized spacial score (nSPS) is 11.4. The molecular formula is C25H27N3O4. The second kappa shape index (κ2) is 10.3. The summed E-state index contributed by atoms with van der Waals surface area (Å²) in [6.45, 7) is 4.21. The fourth-order valence-corrected chi connectivity index (χ4v) is 2.91. The van der Waals surface area contributed by atoms with Crippen LogP contribution < -0.4 is 26.3 Å². The Morgan fingerprint density at radius 1 is 0.969 bits per heavy atom. The molecule has 0 radical (unpaired) electrons. The van der Waals surface area contributed by atoms with Gasteiger partial charge in [-0.05, 0) is 55.3 Å². The highest BCUT2D eigenvalue weighted by Gasteiger charge is 2.15. The van der Waals surface area contributed by atoms with Crippen molar-refractivity contribution in [1.29, 1.82) is 0 Å². The quantitative estimate of drug-likeness (QED) is 0.433. The summed E-state index contributed by atoms with van der Waals surface area (Å²) < 4.78 is 11.7. The molecule has 3 aromatic rings. The highest BCUT2D eigenvalue weighted by Crippen LogP contribution is 2.29. The predicted octanol–water partition coefficient (Wildman–Crippen LogP) is 4.38. The van der Waals surface area contributed by atoms with Gasteiger partial charge in [0.25, 0.3) is 5.91 Å². The van der Waals surface area contributed by atoms with Gasteiger partial charge >= 0.3 is 0 Å². The largest absolute Gasteiger partial charge is 0.489 e. The van der Waals surface area contributed by atoms with Crippen LogP contribution in [0.1, 0.15) is 46.5 Å². The standard InChI is InChI=1S/C25H27N3O4/c1-3-16(2)32-23-13-18(24(27)29)10-12-21(23)28-25(30)19-9-11-20(26)22(14-19)31-15-17-7-5-4-6-8-17/h4-14,16H,3,15,26H2,1-2H3,(H2,27,29)(H,28,30). The van der Waals surface area contributed by atoms with Gasteiger partial charge in [0, 0.05) is 11.1 Å². The van der Waals surface area contributed by atoms with Gasteiger partial charge in [-0.25, -0.2) is 0 Å². The summed E-state index contributed by atoms with van der Waals surface area (Å²) in [6.07, 6.45) is 0.650. The monoisotopic (exact) mass is 433 g/mol. The fraction of sp³-hybridized carbons (Fsp3) is 0.200. The summed E-state index contributed by atoms with van der Waals surface area (Å²) in [5, 5.41) is 2.83. The number of amides is 2. The van der Waals surface area contributed by atoms with E-state index in [9.17, 15) is 9.59 Å². The molecule has 0 heterocycles. The van der Waals surface area contributed by atoms with E-state index in [1.165, 1.54) is 6.07 Å². The molecule has 1 atom stereocenters. The summed E-state index contributed by atoms with van der Waals surface area (Å²) >= 11 is 0. The summed E-state index contributed by atoms with van der Waals surface area (Å²) in [4.78, 5) is 24.5. The van der Waals surface area contributed by atoms with Crippen LogP contribution in [0, 0.1) is 0 Å². The average Bonchev–Trinajstić information content (AvgIpc) is 2.80. The molecule has 2 amide bonds. The zero-order chi connectivity index (χ0) is 23.1. The van der Waals surface area contributed by atoms with E-state index < -0.39 is 5.91 Å². The molecule has 7 heteroatoms. The number of ether oxygens (including phenoxy) is 2. The molecule has 0 aliphatic rings. The highest BCUT2D eigenvalue weighted by atomic mass is 16.5. The number of hydrogen-bond acceptors (Lipinski definition) is 5. The van der Waals surface area contributed by atoms with Crippen molar-refractivity contribution in [1.82, 2.24) is 0 Å². The maximum absolute atomic E-state index is 12.9. The van der Waals surface area contributed by atoms with Crippen molar-refractivity contribution in [3.05, 3.63) is 83.4 Å². The molecule has 3 rings (SSSR count). The second-order valence-corrected chi connectivity index (χ2v) is 7.39. The Hall–Kier alpha value is -4.00. The van der Waals surface area contributed by atoms with Crippen molar-refractivity contribution >= 4 is 23.2 Å². The molecule has 0 aliphatic heterocycles. The van der Waals surface area contributed by atoms with Gasteiger partial charge in [-0.3, -0.25) is 9.59 Å². The summed E-state index contributed by atoms with van der Waals surface area (Å²) in [5.74, 6) is -0.146. The fourth-order valence-electron chi connectivity index (χ4n) is 2.91. The van der Waals surface area contributed by atoms with Crippen LogP contribution in [0.3, 0.4) is 0 Å². The third-order valence-electron chi connectivity index (χ3n) is 4.93. The molecule has 7 nitrogen and oxygen atoms in total. The van der Waals surface area contributed by atoms with Crippen LogP contribution in [0.25, 0.3) is 0 Å². The van der Waals surface area contributed by atoms with Crippen molar-refractivity contribution in [3.8, 4) is 11.5 Å². The lowest BCUT2D eigenvalue weighted by atomic mass is 10.1. The van der Waals surface area contributed by atoms with Gasteiger partial charge in [-0.15, -0.1) is 0 Å². The first-order valence-electron chi connectivity index (χ1n) is 10.4. The number of anilines is 2. The Kier molecular flexibility index (Phi) is 7.33. The maximum Gasteiger partial charge on any atom is 0.255 e. The molecule has 1 unspecified atom stereocenters. The highest BCUT2D eigenvalue weighted by molar-refractivity contribution is 6.06. The first kappa shape index (κ1) is 22.7. The molecular weight excluding hydrogens is 406 g/mol. The van der Waals surface area contributed by atoms with E-state index >= 15 is 0 Å². The SMILES string of the molecule is CCC(C)Oc1cc(C(N)=O)ccc1NC(=O)c1ccc(N)c(OCc2ccccc2)c1. The first-order valence-corrected chi connectivity index (χ1v) is 10.4. The smallest absolute Gasteiger partial charge is 0.255 e. The van der Waals surface area contributed by atoms with Crippen LogP contribution in [-0.4, -0.2) is 17.9 Å². The molecule has 0 bridgehead atoms. The molecule has 32 heavy (non-hydrogen) atoms. The molecule has 166 valence electrons. The lowest BCUT2D eigenvalue weighted by Crippen LogP contribution is -2.17. The number of rotatable bonds is 9. The van der Waals surface area contributed by atoms with E-state index in [1.54, 1.807) is 30.3 Å². The van der Waals surface area contributed by atoms with Gasteiger partial charge in [0.2, 0.25) is 5.91 Å². The van der Waals surface area contributed by atoms with Crippen molar-refractivity contribution in [3.63, 3.8) is 0 Å². The minimum absolute atomic E-state index is 0.108. The average molecular weight is 434 g/mol. The van der Waals surface area contributed by atoms with Gasteiger partial charge in [0.05, 0.1) is 17.5 Å². The molecule has 5 N–H and O–H groups in total.